The molecular formula is C15H22N6O. The maximum Gasteiger partial charge on any atom is 0.272 e. The second-order valence-electron chi connectivity index (χ2n) is 6.15. The van der Waals surface area contributed by atoms with Crippen molar-refractivity contribution in [1.29, 1.82) is 0 Å². The topological polar surface area (TPSA) is 68.8 Å². The fraction of sp³-hybridized carbons (Fsp3) is 0.600. The van der Waals surface area contributed by atoms with Crippen LogP contribution >= 0.6 is 0 Å². The van der Waals surface area contributed by atoms with Gasteiger partial charge in [-0.15, -0.1) is 5.10 Å². The lowest BCUT2D eigenvalue weighted by Gasteiger charge is -2.24. The van der Waals surface area contributed by atoms with Crippen LogP contribution < -0.4 is 0 Å². The first-order chi connectivity index (χ1) is 10.6. The van der Waals surface area contributed by atoms with E-state index in [0.717, 1.165) is 25.1 Å². The summed E-state index contributed by atoms with van der Waals surface area (Å²) in [4.78, 5) is 14.8. The summed E-state index contributed by atoms with van der Waals surface area (Å²) in [6, 6.07) is 2.09. The van der Waals surface area contributed by atoms with Crippen LogP contribution in [-0.4, -0.2) is 48.2 Å². The number of rotatable bonds is 4. The molecule has 1 aliphatic heterocycles. The average molecular weight is 302 g/mol. The Morgan fingerprint density at radius 1 is 1.45 bits per heavy atom. The number of aromatic nitrogens is 5. The molecule has 0 aromatic carbocycles. The van der Waals surface area contributed by atoms with E-state index in [1.165, 1.54) is 0 Å². The predicted octanol–water partition coefficient (Wildman–Crippen LogP) is 1.44. The molecule has 2 aromatic heterocycles. The second-order valence-corrected chi connectivity index (χ2v) is 6.15. The van der Waals surface area contributed by atoms with Crippen LogP contribution in [0.4, 0.5) is 0 Å². The molecule has 0 spiro atoms. The van der Waals surface area contributed by atoms with E-state index in [-0.39, 0.29) is 11.9 Å². The number of nitrogens with zero attached hydrogens (tertiary/aromatic N) is 6. The molecule has 3 rings (SSSR count). The summed E-state index contributed by atoms with van der Waals surface area (Å²) in [5.74, 6) is 0.377. The summed E-state index contributed by atoms with van der Waals surface area (Å²) in [7, 11) is 1.83. The van der Waals surface area contributed by atoms with Gasteiger partial charge in [-0.25, -0.2) is 0 Å². The molecule has 22 heavy (non-hydrogen) atoms. The monoisotopic (exact) mass is 302 g/mol. The molecule has 7 nitrogen and oxygen atoms in total. The van der Waals surface area contributed by atoms with E-state index in [0.29, 0.717) is 18.2 Å². The van der Waals surface area contributed by atoms with Crippen molar-refractivity contribution in [2.75, 3.05) is 6.54 Å². The SMILES string of the molecule is CC(C)c1cc(C(=O)N2CCC[C@H]2Cn2ccnn2)n(C)n1. The molecule has 7 heteroatoms. The van der Waals surface area contributed by atoms with Crippen LogP contribution in [0, 0.1) is 0 Å². The van der Waals surface area contributed by atoms with Crippen molar-refractivity contribution in [3.63, 3.8) is 0 Å². The molecule has 1 aliphatic rings. The zero-order chi connectivity index (χ0) is 15.7. The summed E-state index contributed by atoms with van der Waals surface area (Å²) >= 11 is 0. The Kier molecular flexibility index (Phi) is 3.96. The lowest BCUT2D eigenvalue weighted by molar-refractivity contribution is 0.0710. The minimum atomic E-state index is 0.0597. The van der Waals surface area contributed by atoms with Gasteiger partial charge >= 0.3 is 0 Å². The van der Waals surface area contributed by atoms with Crippen LogP contribution in [0.5, 0.6) is 0 Å². The molecule has 1 fully saturated rings. The lowest BCUT2D eigenvalue weighted by Crippen LogP contribution is -2.39. The van der Waals surface area contributed by atoms with Gasteiger partial charge in [0.15, 0.2) is 0 Å². The zero-order valence-electron chi connectivity index (χ0n) is 13.3. The minimum Gasteiger partial charge on any atom is -0.332 e. The molecule has 1 saturated heterocycles. The van der Waals surface area contributed by atoms with Crippen molar-refractivity contribution in [2.24, 2.45) is 7.05 Å². The molecule has 0 aliphatic carbocycles. The van der Waals surface area contributed by atoms with E-state index >= 15 is 0 Å². The highest BCUT2D eigenvalue weighted by Crippen LogP contribution is 2.22. The molecule has 3 heterocycles. The molecule has 1 atom stereocenters. The molecule has 0 N–H and O–H groups in total. The van der Waals surface area contributed by atoms with Gasteiger partial charge in [0.2, 0.25) is 0 Å². The van der Waals surface area contributed by atoms with Crippen molar-refractivity contribution in [3.05, 3.63) is 29.8 Å². The molecule has 0 unspecified atom stereocenters. The van der Waals surface area contributed by atoms with Crippen LogP contribution in [-0.2, 0) is 13.6 Å². The third-order valence-electron chi connectivity index (χ3n) is 4.22. The predicted molar refractivity (Wildman–Crippen MR) is 81.4 cm³/mol. The molecule has 2 aromatic rings. The highest BCUT2D eigenvalue weighted by Gasteiger charge is 2.31. The Balaban J connectivity index is 1.78. The lowest BCUT2D eigenvalue weighted by atomic mass is 10.1. The zero-order valence-corrected chi connectivity index (χ0v) is 13.3. The Morgan fingerprint density at radius 3 is 2.91 bits per heavy atom. The van der Waals surface area contributed by atoms with Crippen molar-refractivity contribution >= 4 is 5.91 Å². The average Bonchev–Trinajstić information content (AvgIpc) is 3.19. The molecule has 118 valence electrons. The van der Waals surface area contributed by atoms with Gasteiger partial charge in [-0.05, 0) is 24.8 Å². The highest BCUT2D eigenvalue weighted by atomic mass is 16.2. The standard InChI is InChI=1S/C15H22N6O/c1-11(2)13-9-14(19(3)17-13)15(22)21-7-4-5-12(21)10-20-8-6-16-18-20/h6,8-9,11-12H,4-5,7,10H2,1-3H3/t12-/m0/s1. The second kappa shape index (κ2) is 5.90. The number of carbonyl (C=O) groups is 1. The van der Waals surface area contributed by atoms with Gasteiger partial charge < -0.3 is 4.90 Å². The van der Waals surface area contributed by atoms with Gasteiger partial charge in [0.25, 0.3) is 5.91 Å². The molecular weight excluding hydrogens is 280 g/mol. The number of likely N-dealkylation sites (tertiary alicyclic amines) is 1. The van der Waals surface area contributed by atoms with E-state index in [9.17, 15) is 4.79 Å². The minimum absolute atomic E-state index is 0.0597. The van der Waals surface area contributed by atoms with Crippen molar-refractivity contribution in [3.8, 4) is 0 Å². The molecule has 0 radical (unpaired) electrons. The molecule has 1 amide bonds. The van der Waals surface area contributed by atoms with Crippen molar-refractivity contribution < 1.29 is 4.79 Å². The van der Waals surface area contributed by atoms with Gasteiger partial charge in [-0.1, -0.05) is 19.1 Å². The normalized spacial score (nSPS) is 18.4. The quantitative estimate of drug-likeness (QED) is 0.857. The summed E-state index contributed by atoms with van der Waals surface area (Å²) in [5.41, 5.74) is 1.62. The van der Waals surface area contributed by atoms with E-state index in [1.807, 2.05) is 24.2 Å². The maximum atomic E-state index is 12.9. The van der Waals surface area contributed by atoms with Crippen molar-refractivity contribution in [1.82, 2.24) is 29.7 Å². The first-order valence-corrected chi connectivity index (χ1v) is 7.75. The van der Waals surface area contributed by atoms with E-state index in [2.05, 4.69) is 29.3 Å². The number of hydrogen-bond donors (Lipinski definition) is 0. The summed E-state index contributed by atoms with van der Waals surface area (Å²) in [5, 5.41) is 12.3. The summed E-state index contributed by atoms with van der Waals surface area (Å²) in [6.07, 6.45) is 5.53. The van der Waals surface area contributed by atoms with Crippen LogP contribution in [0.15, 0.2) is 18.5 Å². The fourth-order valence-electron chi connectivity index (χ4n) is 2.96. The maximum absolute atomic E-state index is 12.9. The first kappa shape index (κ1) is 14.7. The van der Waals surface area contributed by atoms with E-state index < -0.39 is 0 Å². The highest BCUT2D eigenvalue weighted by molar-refractivity contribution is 5.93. The summed E-state index contributed by atoms with van der Waals surface area (Å²) in [6.45, 7) is 5.65. The smallest absolute Gasteiger partial charge is 0.272 e. The van der Waals surface area contributed by atoms with Crippen LogP contribution in [0.2, 0.25) is 0 Å². The fourth-order valence-corrected chi connectivity index (χ4v) is 2.96. The number of carbonyl (C=O) groups excluding carboxylic acids is 1. The van der Waals surface area contributed by atoms with Gasteiger partial charge in [0.05, 0.1) is 24.5 Å². The van der Waals surface area contributed by atoms with Crippen molar-refractivity contribution in [2.45, 2.75) is 45.2 Å². The number of hydrogen-bond acceptors (Lipinski definition) is 4. The van der Waals surface area contributed by atoms with Gasteiger partial charge in [-0.2, -0.15) is 5.10 Å². The van der Waals surface area contributed by atoms with Crippen LogP contribution in [0.3, 0.4) is 0 Å². The summed E-state index contributed by atoms with van der Waals surface area (Å²) < 4.78 is 3.49. The van der Waals surface area contributed by atoms with E-state index in [4.69, 9.17) is 0 Å². The molecule has 0 saturated carbocycles. The third-order valence-corrected chi connectivity index (χ3v) is 4.22. The largest absolute Gasteiger partial charge is 0.332 e. The Morgan fingerprint density at radius 2 is 2.27 bits per heavy atom. The Hall–Kier alpha value is -2.18. The Bertz CT molecular complexity index is 645. The Labute approximate surface area is 129 Å². The van der Waals surface area contributed by atoms with E-state index in [1.54, 1.807) is 15.6 Å². The first-order valence-electron chi connectivity index (χ1n) is 7.75. The number of aryl methyl sites for hydroxylation is 1. The van der Waals surface area contributed by atoms with Gasteiger partial charge in [0, 0.05) is 19.8 Å². The molecule has 0 bridgehead atoms. The third kappa shape index (κ3) is 2.75. The van der Waals surface area contributed by atoms with Gasteiger partial charge in [-0.3, -0.25) is 14.2 Å². The van der Waals surface area contributed by atoms with Gasteiger partial charge in [0.1, 0.15) is 5.69 Å². The number of amides is 1. The van der Waals surface area contributed by atoms with Crippen LogP contribution in [0.1, 0.15) is 48.8 Å². The van der Waals surface area contributed by atoms with Crippen LogP contribution in [0.25, 0.3) is 0 Å².